The van der Waals surface area contributed by atoms with Gasteiger partial charge in [-0.1, -0.05) is 61.4 Å². The second-order valence-electron chi connectivity index (χ2n) is 16.5. The number of fused-ring (bicyclic) bond motifs is 4. The number of anilines is 1. The quantitative estimate of drug-likeness (QED) is 0.242. The minimum Gasteiger partial charge on any atom is -0.491 e. The van der Waals surface area contributed by atoms with Crippen LogP contribution in [0.2, 0.25) is 0 Å². The number of halogens is 1. The van der Waals surface area contributed by atoms with E-state index in [4.69, 9.17) is 16.3 Å². The first-order valence-electron chi connectivity index (χ1n) is 19.1. The molecule has 51 heavy (non-hydrogen) atoms. The van der Waals surface area contributed by atoms with Gasteiger partial charge in [0.05, 0.1) is 24.1 Å². The number of allylic oxidation sites excluding steroid dienone is 5. The Morgan fingerprint density at radius 3 is 2.71 bits per heavy atom. The molecule has 3 fully saturated rings. The molecule has 1 amide bonds. The number of hydrogen-bond acceptors (Lipinski definition) is 7. The Balaban J connectivity index is 1.29. The second kappa shape index (κ2) is 14.2. The molecule has 7 rings (SSSR count). The van der Waals surface area contributed by atoms with E-state index in [-0.39, 0.29) is 34.1 Å². The van der Waals surface area contributed by atoms with Crippen LogP contribution < -0.4 is 14.4 Å². The standard InChI is InChI=1S/C41H54ClN3O5S/c1-29-10-7-18-41(47,19-9-23-44-21-5-4-6-22-44)35-14-12-32(35)26-45-27-40(17-8-11-33-25-34(42)16-20-39(33,40)3)28-50-37-15-13-31(24-36(37)45)38(46)43-51(48,49)30(29)2/h7,13,15-16,18,24-25,29-30,32,35,47H,4-6,8,10-12,14,17,20-23,26-28H2,1-3H3,(H,43,46)/b18-7+/t29-,30+,32-,35+,39?,40-,41+/m0/s1. The highest BCUT2D eigenvalue weighted by Gasteiger charge is 2.55. The van der Waals surface area contributed by atoms with Crippen molar-refractivity contribution in [2.45, 2.75) is 95.8 Å². The zero-order valence-electron chi connectivity index (χ0n) is 30.4. The molecule has 3 heterocycles. The van der Waals surface area contributed by atoms with Crippen molar-refractivity contribution in [3.05, 3.63) is 58.7 Å². The van der Waals surface area contributed by atoms with E-state index in [0.29, 0.717) is 38.4 Å². The highest BCUT2D eigenvalue weighted by atomic mass is 35.5. The minimum atomic E-state index is -3.99. The van der Waals surface area contributed by atoms with Crippen LogP contribution in [0.15, 0.2) is 53.1 Å². The van der Waals surface area contributed by atoms with Crippen LogP contribution in [0, 0.1) is 40.4 Å². The molecule has 6 aliphatic rings. The monoisotopic (exact) mass is 735 g/mol. The van der Waals surface area contributed by atoms with Gasteiger partial charge in [0.15, 0.2) is 0 Å². The first-order chi connectivity index (χ1) is 24.3. The van der Waals surface area contributed by atoms with Crippen molar-refractivity contribution in [3.63, 3.8) is 0 Å². The summed E-state index contributed by atoms with van der Waals surface area (Å²) < 4.78 is 36.1. The molecule has 8 nitrogen and oxygen atoms in total. The lowest BCUT2D eigenvalue weighted by molar-refractivity contribution is -0.00930. The third kappa shape index (κ3) is 7.03. The highest BCUT2D eigenvalue weighted by molar-refractivity contribution is 7.90. The van der Waals surface area contributed by atoms with Crippen molar-refractivity contribution in [1.82, 2.24) is 9.62 Å². The van der Waals surface area contributed by atoms with Crippen molar-refractivity contribution in [3.8, 4) is 17.6 Å². The molecular weight excluding hydrogens is 682 g/mol. The fraction of sp³-hybridized carbons (Fsp3) is 0.634. The Hall–Kier alpha value is -2.77. The third-order valence-corrected chi connectivity index (χ3v) is 15.6. The maximum Gasteiger partial charge on any atom is 0.264 e. The van der Waals surface area contributed by atoms with Crippen LogP contribution in [0.1, 0.15) is 95.3 Å². The lowest BCUT2D eigenvalue weighted by Gasteiger charge is -2.55. The van der Waals surface area contributed by atoms with Crippen LogP contribution in [0.5, 0.6) is 5.75 Å². The smallest absolute Gasteiger partial charge is 0.264 e. The van der Waals surface area contributed by atoms with Crippen molar-refractivity contribution in [2.24, 2.45) is 28.6 Å². The zero-order valence-corrected chi connectivity index (χ0v) is 32.0. The van der Waals surface area contributed by atoms with E-state index in [2.05, 4.69) is 45.4 Å². The van der Waals surface area contributed by atoms with E-state index < -0.39 is 26.8 Å². The van der Waals surface area contributed by atoms with E-state index in [9.17, 15) is 18.3 Å². The summed E-state index contributed by atoms with van der Waals surface area (Å²) in [6.45, 7) is 10.4. The predicted molar refractivity (Wildman–Crippen MR) is 203 cm³/mol. The zero-order chi connectivity index (χ0) is 36.0. The summed E-state index contributed by atoms with van der Waals surface area (Å²) in [5.41, 5.74) is 0.700. The van der Waals surface area contributed by atoms with E-state index in [1.54, 1.807) is 19.1 Å². The molecule has 276 valence electrons. The molecule has 3 aliphatic heterocycles. The molecule has 1 unspecified atom stereocenters. The van der Waals surface area contributed by atoms with Gasteiger partial charge in [-0.05, 0) is 120 Å². The largest absolute Gasteiger partial charge is 0.491 e. The molecule has 0 radical (unpaired) electrons. The van der Waals surface area contributed by atoms with Crippen molar-refractivity contribution < 1.29 is 23.1 Å². The Labute approximate surface area is 309 Å². The number of rotatable bonds is 1. The van der Waals surface area contributed by atoms with Crippen molar-refractivity contribution >= 4 is 33.2 Å². The van der Waals surface area contributed by atoms with Gasteiger partial charge in [0.2, 0.25) is 10.0 Å². The molecule has 0 aromatic heterocycles. The molecule has 1 saturated heterocycles. The number of hydrogen-bond donors (Lipinski definition) is 2. The fourth-order valence-corrected chi connectivity index (χ4v) is 11.1. The van der Waals surface area contributed by atoms with Gasteiger partial charge >= 0.3 is 0 Å². The summed E-state index contributed by atoms with van der Waals surface area (Å²) in [5, 5.41) is 12.4. The average Bonchev–Trinajstić information content (AvgIpc) is 3.24. The summed E-state index contributed by atoms with van der Waals surface area (Å²) in [6, 6.07) is 5.29. The first kappa shape index (κ1) is 36.6. The minimum absolute atomic E-state index is 0.0872. The van der Waals surface area contributed by atoms with Crippen LogP contribution in [-0.2, 0) is 10.0 Å². The van der Waals surface area contributed by atoms with E-state index in [0.717, 1.165) is 62.3 Å². The number of nitrogens with zero attached hydrogens (tertiary/aromatic N) is 2. The van der Waals surface area contributed by atoms with E-state index in [1.807, 2.05) is 25.1 Å². The van der Waals surface area contributed by atoms with Gasteiger partial charge in [-0.15, -0.1) is 0 Å². The number of nitrogens with one attached hydrogen (secondary N) is 1. The van der Waals surface area contributed by atoms with Crippen LogP contribution in [-0.4, -0.2) is 74.5 Å². The van der Waals surface area contributed by atoms with Crippen molar-refractivity contribution in [1.29, 1.82) is 0 Å². The summed E-state index contributed by atoms with van der Waals surface area (Å²) in [7, 11) is -3.99. The van der Waals surface area contributed by atoms with Gasteiger partial charge in [0.1, 0.15) is 11.4 Å². The van der Waals surface area contributed by atoms with Gasteiger partial charge in [-0.3, -0.25) is 9.69 Å². The maximum atomic E-state index is 13.6. The molecule has 1 aromatic rings. The fourth-order valence-electron chi connectivity index (χ4n) is 9.56. The van der Waals surface area contributed by atoms with Crippen LogP contribution in [0.3, 0.4) is 0 Å². The van der Waals surface area contributed by atoms with E-state index >= 15 is 0 Å². The number of sulfonamides is 1. The number of aliphatic hydroxyl groups is 1. The van der Waals surface area contributed by atoms with Gasteiger partial charge in [-0.25, -0.2) is 13.1 Å². The molecule has 2 N–H and O–H groups in total. The molecule has 3 aliphatic carbocycles. The topological polar surface area (TPSA) is 99.2 Å². The maximum absolute atomic E-state index is 13.6. The van der Waals surface area contributed by atoms with Gasteiger partial charge in [0.25, 0.3) is 5.91 Å². The number of carbonyl (C=O) groups excluding carboxylic acids is 1. The number of carbonyl (C=O) groups is 1. The highest BCUT2D eigenvalue weighted by Crippen LogP contribution is 2.60. The second-order valence-corrected chi connectivity index (χ2v) is 19.0. The molecule has 10 heteroatoms. The Morgan fingerprint density at radius 2 is 1.94 bits per heavy atom. The molecule has 2 saturated carbocycles. The lowest BCUT2D eigenvalue weighted by Crippen LogP contribution is -2.56. The van der Waals surface area contributed by atoms with Crippen LogP contribution in [0.4, 0.5) is 5.69 Å². The molecule has 1 aromatic carbocycles. The lowest BCUT2D eigenvalue weighted by atomic mass is 9.52. The predicted octanol–water partition coefficient (Wildman–Crippen LogP) is 6.81. The van der Waals surface area contributed by atoms with Gasteiger partial charge in [-0.2, -0.15) is 0 Å². The van der Waals surface area contributed by atoms with Crippen LogP contribution >= 0.6 is 11.6 Å². The van der Waals surface area contributed by atoms with Crippen LogP contribution in [0.25, 0.3) is 0 Å². The number of ether oxygens (including phenoxy) is 1. The molecule has 2 bridgehead atoms. The Bertz CT molecular complexity index is 1790. The Morgan fingerprint density at radius 1 is 1.14 bits per heavy atom. The summed E-state index contributed by atoms with van der Waals surface area (Å²) in [5.74, 6) is 6.52. The summed E-state index contributed by atoms with van der Waals surface area (Å²) in [4.78, 5) is 18.3. The third-order valence-electron chi connectivity index (χ3n) is 13.4. The number of likely N-dealkylation sites (tertiary alicyclic amines) is 1. The first-order valence-corrected chi connectivity index (χ1v) is 21.0. The van der Waals surface area contributed by atoms with Gasteiger partial charge < -0.3 is 14.7 Å². The summed E-state index contributed by atoms with van der Waals surface area (Å²) >= 11 is 6.56. The molecule has 7 atom stereocenters. The normalized spacial score (nSPS) is 37.4. The van der Waals surface area contributed by atoms with Gasteiger partial charge in [0, 0.05) is 40.4 Å². The Kier molecular flexibility index (Phi) is 10.2. The molecule has 1 spiro atoms. The number of amides is 1. The average molecular weight is 736 g/mol. The molecular formula is C41H54ClN3O5S. The number of benzene rings is 1. The summed E-state index contributed by atoms with van der Waals surface area (Å²) in [6.07, 6.45) is 17.7. The number of piperidine rings is 1. The van der Waals surface area contributed by atoms with E-state index in [1.165, 1.54) is 24.8 Å². The van der Waals surface area contributed by atoms with Crippen molar-refractivity contribution in [2.75, 3.05) is 44.2 Å². The SMILES string of the molecule is C[C@@H]1[C@@H](C)C/C=C/[C@@](O)(C#CCN2CCCCC2)[C@@H]2CC[C@H]2CN2C[C@@]3(CCCC4=CC(Cl)=CCC43C)COc3ccc(cc32)C(=O)NS1(=O)=O.